The number of fused-ring (bicyclic) bond motifs is 2. The minimum absolute atomic E-state index is 0.0241. The fourth-order valence-corrected chi connectivity index (χ4v) is 5.26. The maximum absolute atomic E-state index is 13.2. The number of anilines is 1. The van der Waals surface area contributed by atoms with Crippen LogP contribution in [0, 0.1) is 19.8 Å². The highest BCUT2D eigenvalue weighted by atomic mass is 35.5. The van der Waals surface area contributed by atoms with Crippen molar-refractivity contribution in [2.45, 2.75) is 44.8 Å². The number of hydrogen-bond acceptors (Lipinski definition) is 3. The highest BCUT2D eigenvalue weighted by Gasteiger charge is 2.52. The van der Waals surface area contributed by atoms with E-state index in [0.717, 1.165) is 35.5 Å². The lowest BCUT2D eigenvalue weighted by Crippen LogP contribution is -2.36. The fourth-order valence-electron chi connectivity index (χ4n) is 4.96. The summed E-state index contributed by atoms with van der Waals surface area (Å²) in [6.45, 7) is 4.03. The van der Waals surface area contributed by atoms with Gasteiger partial charge in [-0.05, 0) is 68.7 Å². The maximum Gasteiger partial charge on any atom is 0.230 e. The number of benzene rings is 2. The molecule has 7 heteroatoms. The number of carbonyl (C=O) groups excluding carboxylic acids is 1. The molecule has 3 aromatic rings. The molecule has 0 spiro atoms. The van der Waals surface area contributed by atoms with Crippen LogP contribution in [-0.4, -0.2) is 27.9 Å². The summed E-state index contributed by atoms with van der Waals surface area (Å²) >= 11 is 12.1. The van der Waals surface area contributed by atoms with Gasteiger partial charge in [0.15, 0.2) is 0 Å². The lowest BCUT2D eigenvalue weighted by Gasteiger charge is -2.27. The summed E-state index contributed by atoms with van der Waals surface area (Å²) in [7, 11) is 0. The van der Waals surface area contributed by atoms with Crippen molar-refractivity contribution in [3.8, 4) is 5.69 Å². The quantitative estimate of drug-likeness (QED) is 0.548. The number of carbonyl (C=O) groups is 1. The first kappa shape index (κ1) is 20.6. The molecule has 2 aliphatic rings. The van der Waals surface area contributed by atoms with Crippen molar-refractivity contribution >= 4 is 34.8 Å². The molecule has 4 atom stereocenters. The van der Waals surface area contributed by atoms with E-state index in [-0.39, 0.29) is 30.0 Å². The molecule has 1 amide bonds. The van der Waals surface area contributed by atoms with E-state index in [0.29, 0.717) is 15.7 Å². The predicted molar refractivity (Wildman–Crippen MR) is 122 cm³/mol. The molecule has 2 bridgehead atoms. The molecule has 160 valence electrons. The molecule has 0 saturated carbocycles. The molecular weight excluding hydrogens is 433 g/mol. The van der Waals surface area contributed by atoms with Crippen molar-refractivity contribution in [2.75, 3.05) is 5.32 Å². The van der Waals surface area contributed by atoms with Crippen LogP contribution in [0.2, 0.25) is 10.0 Å². The number of rotatable bonds is 4. The number of amides is 1. The van der Waals surface area contributed by atoms with E-state index in [9.17, 15) is 4.79 Å². The lowest BCUT2D eigenvalue weighted by atomic mass is 9.75. The molecule has 0 aliphatic carbocycles. The molecule has 5 nitrogen and oxygen atoms in total. The number of aromatic nitrogens is 2. The monoisotopic (exact) mass is 455 g/mol. The number of halogens is 2. The number of ether oxygens (including phenoxy) is 1. The summed E-state index contributed by atoms with van der Waals surface area (Å²) < 4.78 is 8.10. The Morgan fingerprint density at radius 2 is 1.77 bits per heavy atom. The Morgan fingerprint density at radius 1 is 1.03 bits per heavy atom. The first-order valence-electron chi connectivity index (χ1n) is 10.5. The Balaban J connectivity index is 1.40. The van der Waals surface area contributed by atoms with Gasteiger partial charge in [-0.3, -0.25) is 4.79 Å². The van der Waals surface area contributed by atoms with Gasteiger partial charge in [0.1, 0.15) is 0 Å². The SMILES string of the molecule is Cc1cc(C)n(-c2ccc([C@@H]3C(C(=O)Nc4ccc(Cl)c(Cl)c4)[C@H]4CC[C@@H]3O4)cc2)n1. The second-order valence-corrected chi connectivity index (χ2v) is 9.20. The van der Waals surface area contributed by atoms with Crippen LogP contribution >= 0.6 is 23.2 Å². The second-order valence-electron chi connectivity index (χ2n) is 8.39. The van der Waals surface area contributed by atoms with E-state index < -0.39 is 0 Å². The highest BCUT2D eigenvalue weighted by molar-refractivity contribution is 6.42. The van der Waals surface area contributed by atoms with Gasteiger partial charge in [-0.2, -0.15) is 5.10 Å². The molecule has 2 aliphatic heterocycles. The van der Waals surface area contributed by atoms with Crippen LogP contribution < -0.4 is 5.32 Å². The highest BCUT2D eigenvalue weighted by Crippen LogP contribution is 2.49. The van der Waals surface area contributed by atoms with Crippen LogP contribution in [0.25, 0.3) is 5.69 Å². The van der Waals surface area contributed by atoms with Gasteiger partial charge in [0.2, 0.25) is 5.91 Å². The minimum atomic E-state index is -0.243. The van der Waals surface area contributed by atoms with Crippen LogP contribution in [0.5, 0.6) is 0 Å². The molecule has 2 saturated heterocycles. The van der Waals surface area contributed by atoms with Crippen molar-refractivity contribution in [1.82, 2.24) is 9.78 Å². The number of nitrogens with one attached hydrogen (secondary N) is 1. The van der Waals surface area contributed by atoms with Crippen molar-refractivity contribution in [1.29, 1.82) is 0 Å². The Hall–Kier alpha value is -2.34. The normalized spacial score (nSPS) is 24.5. The summed E-state index contributed by atoms with van der Waals surface area (Å²) in [6, 6.07) is 15.5. The summed E-state index contributed by atoms with van der Waals surface area (Å²) in [5.41, 5.74) is 4.84. The smallest absolute Gasteiger partial charge is 0.230 e. The van der Waals surface area contributed by atoms with Crippen LogP contribution in [0.1, 0.15) is 35.7 Å². The third-order valence-corrected chi connectivity index (χ3v) is 7.03. The molecule has 3 heterocycles. The van der Waals surface area contributed by atoms with E-state index in [1.54, 1.807) is 18.2 Å². The van der Waals surface area contributed by atoms with E-state index in [1.807, 2.05) is 18.5 Å². The second kappa shape index (κ2) is 7.97. The van der Waals surface area contributed by atoms with Crippen LogP contribution in [0.4, 0.5) is 5.69 Å². The van der Waals surface area contributed by atoms with Crippen molar-refractivity contribution in [3.05, 3.63) is 75.5 Å². The van der Waals surface area contributed by atoms with Gasteiger partial charge in [0.25, 0.3) is 0 Å². The fraction of sp³-hybridized carbons (Fsp3) is 0.333. The van der Waals surface area contributed by atoms with Crippen LogP contribution in [0.15, 0.2) is 48.5 Å². The number of aryl methyl sites for hydroxylation is 2. The molecule has 0 radical (unpaired) electrons. The first-order valence-corrected chi connectivity index (χ1v) is 11.2. The van der Waals surface area contributed by atoms with Gasteiger partial charge in [-0.15, -0.1) is 0 Å². The van der Waals surface area contributed by atoms with Crippen molar-refractivity contribution in [3.63, 3.8) is 0 Å². The van der Waals surface area contributed by atoms with Gasteiger partial charge < -0.3 is 10.1 Å². The molecule has 2 fully saturated rings. The lowest BCUT2D eigenvalue weighted by molar-refractivity contribution is -0.121. The zero-order valence-corrected chi connectivity index (χ0v) is 18.8. The van der Waals surface area contributed by atoms with E-state index >= 15 is 0 Å². The third-order valence-electron chi connectivity index (χ3n) is 6.30. The van der Waals surface area contributed by atoms with Gasteiger partial charge in [0.05, 0.1) is 39.6 Å². The molecule has 1 N–H and O–H groups in total. The van der Waals surface area contributed by atoms with Crippen LogP contribution in [-0.2, 0) is 9.53 Å². The average Bonchev–Trinajstić information content (AvgIpc) is 3.45. The van der Waals surface area contributed by atoms with E-state index in [2.05, 4.69) is 40.7 Å². The zero-order chi connectivity index (χ0) is 21.7. The van der Waals surface area contributed by atoms with Gasteiger partial charge in [0, 0.05) is 17.3 Å². The summed E-state index contributed by atoms with van der Waals surface area (Å²) in [6.07, 6.45) is 1.89. The maximum atomic E-state index is 13.2. The largest absolute Gasteiger partial charge is 0.373 e. The zero-order valence-electron chi connectivity index (χ0n) is 17.3. The third kappa shape index (κ3) is 3.75. The minimum Gasteiger partial charge on any atom is -0.373 e. The molecule has 1 aromatic heterocycles. The van der Waals surface area contributed by atoms with Gasteiger partial charge in [-0.1, -0.05) is 35.3 Å². The first-order chi connectivity index (χ1) is 14.9. The average molecular weight is 456 g/mol. The Morgan fingerprint density at radius 3 is 2.45 bits per heavy atom. The molecule has 2 aromatic carbocycles. The predicted octanol–water partition coefficient (Wildman–Crippen LogP) is 5.70. The Labute approximate surface area is 191 Å². The summed E-state index contributed by atoms with van der Waals surface area (Å²) in [5, 5.41) is 8.44. The number of hydrogen-bond donors (Lipinski definition) is 1. The van der Waals surface area contributed by atoms with Gasteiger partial charge in [-0.25, -0.2) is 4.68 Å². The van der Waals surface area contributed by atoms with Crippen molar-refractivity contribution in [2.24, 2.45) is 5.92 Å². The summed E-state index contributed by atoms with van der Waals surface area (Å²) in [4.78, 5) is 13.2. The molecule has 5 rings (SSSR count). The van der Waals surface area contributed by atoms with E-state index in [1.165, 1.54) is 0 Å². The number of nitrogens with zero attached hydrogens (tertiary/aromatic N) is 2. The molecular formula is C24H23Cl2N3O2. The molecule has 1 unspecified atom stereocenters. The Kier molecular flexibility index (Phi) is 5.29. The van der Waals surface area contributed by atoms with Crippen LogP contribution in [0.3, 0.4) is 0 Å². The van der Waals surface area contributed by atoms with Gasteiger partial charge >= 0.3 is 0 Å². The van der Waals surface area contributed by atoms with Crippen molar-refractivity contribution < 1.29 is 9.53 Å². The standard InChI is InChI=1S/C24H23Cl2N3O2/c1-13-11-14(2)29(28-13)17-6-3-15(4-7-17)22-20-9-10-21(31-20)23(22)24(30)27-16-5-8-18(25)19(26)12-16/h3-8,11-12,20-23H,9-10H2,1-2H3,(H,27,30)/t20-,21+,22-,23?/m0/s1. The molecule has 31 heavy (non-hydrogen) atoms. The Bertz CT molecular complexity index is 1140. The topological polar surface area (TPSA) is 56.2 Å². The summed E-state index contributed by atoms with van der Waals surface area (Å²) in [5.74, 6) is -0.262. The van der Waals surface area contributed by atoms with E-state index in [4.69, 9.17) is 27.9 Å².